The van der Waals surface area contributed by atoms with E-state index in [0.717, 1.165) is 73.7 Å². The molecule has 6 nitrogen and oxygen atoms in total. The molecular formula is C32H37N5O. The quantitative estimate of drug-likeness (QED) is 0.341. The monoisotopic (exact) mass is 507 g/mol. The first kappa shape index (κ1) is 24.8. The van der Waals surface area contributed by atoms with Crippen molar-refractivity contribution in [1.82, 2.24) is 24.8 Å². The van der Waals surface area contributed by atoms with Gasteiger partial charge in [-0.05, 0) is 69.7 Å². The van der Waals surface area contributed by atoms with Crippen LogP contribution in [-0.2, 0) is 19.5 Å². The minimum Gasteiger partial charge on any atom is -0.349 e. The molecule has 6 heteroatoms. The van der Waals surface area contributed by atoms with E-state index >= 15 is 0 Å². The van der Waals surface area contributed by atoms with Crippen LogP contribution in [0.2, 0.25) is 0 Å². The second-order valence-corrected chi connectivity index (χ2v) is 10.8. The van der Waals surface area contributed by atoms with Gasteiger partial charge in [0.2, 0.25) is 0 Å². The predicted octanol–water partition coefficient (Wildman–Crippen LogP) is 5.86. The fraction of sp³-hybridized carbons (Fsp3) is 0.406. The van der Waals surface area contributed by atoms with E-state index in [1.54, 1.807) is 6.20 Å². The maximum atomic E-state index is 13.0. The van der Waals surface area contributed by atoms with Gasteiger partial charge in [0.1, 0.15) is 5.82 Å². The van der Waals surface area contributed by atoms with Crippen molar-refractivity contribution in [3.05, 3.63) is 83.8 Å². The molecule has 38 heavy (non-hydrogen) atoms. The van der Waals surface area contributed by atoms with Gasteiger partial charge in [0.25, 0.3) is 5.91 Å². The van der Waals surface area contributed by atoms with Crippen LogP contribution in [0.4, 0.5) is 0 Å². The molecule has 1 saturated carbocycles. The Hall–Kier alpha value is -3.51. The van der Waals surface area contributed by atoms with Crippen molar-refractivity contribution >= 4 is 16.8 Å². The van der Waals surface area contributed by atoms with Crippen LogP contribution in [0.3, 0.4) is 0 Å². The molecule has 1 fully saturated rings. The normalized spacial score (nSPS) is 19.8. The second kappa shape index (κ2) is 11.1. The molecule has 0 bridgehead atoms. The van der Waals surface area contributed by atoms with E-state index in [9.17, 15) is 4.79 Å². The fourth-order valence-electron chi connectivity index (χ4n) is 6.36. The SMILES string of the molecule is CCn1c(-c2ccccc2)nc2c1CCN(CCC1CCC(NC(=O)c3cccc4ncccc34)CC1)C2. The molecule has 0 saturated heterocycles. The van der Waals surface area contributed by atoms with Gasteiger partial charge in [-0.25, -0.2) is 4.98 Å². The van der Waals surface area contributed by atoms with Crippen LogP contribution < -0.4 is 5.32 Å². The standard InChI is InChI=1S/C32H37N5O/c1-2-37-30-18-21-36(22-29(30)35-31(37)24-8-4-3-5-9-24)20-17-23-13-15-25(16-14-23)34-32(38)27-10-6-12-28-26(27)11-7-19-33-28/h3-12,19,23,25H,2,13-18,20-22H2,1H3,(H,34,38). The highest BCUT2D eigenvalue weighted by atomic mass is 16.1. The van der Waals surface area contributed by atoms with Gasteiger partial charge < -0.3 is 9.88 Å². The molecule has 3 heterocycles. The van der Waals surface area contributed by atoms with Gasteiger partial charge in [-0.3, -0.25) is 14.7 Å². The molecule has 4 aromatic rings. The van der Waals surface area contributed by atoms with Crippen molar-refractivity contribution in [3.8, 4) is 11.4 Å². The first-order valence-electron chi connectivity index (χ1n) is 14.2. The first-order valence-corrected chi connectivity index (χ1v) is 14.2. The van der Waals surface area contributed by atoms with Crippen molar-refractivity contribution in [1.29, 1.82) is 0 Å². The number of nitrogens with zero attached hydrogens (tertiary/aromatic N) is 4. The Labute approximate surface area is 225 Å². The minimum atomic E-state index is 0.0255. The summed E-state index contributed by atoms with van der Waals surface area (Å²) in [6.45, 7) is 6.37. The molecular weight excluding hydrogens is 470 g/mol. The van der Waals surface area contributed by atoms with Crippen molar-refractivity contribution in [2.24, 2.45) is 5.92 Å². The molecule has 2 aromatic carbocycles. The summed E-state index contributed by atoms with van der Waals surface area (Å²) in [6.07, 6.45) is 8.56. The number of aromatic nitrogens is 3. The van der Waals surface area contributed by atoms with E-state index in [4.69, 9.17) is 4.98 Å². The Morgan fingerprint density at radius 2 is 1.84 bits per heavy atom. The van der Waals surface area contributed by atoms with Gasteiger partial charge in [0.05, 0.1) is 11.2 Å². The average Bonchev–Trinajstić information content (AvgIpc) is 3.35. The number of fused-ring (bicyclic) bond motifs is 2. The van der Waals surface area contributed by atoms with E-state index in [2.05, 4.69) is 57.0 Å². The van der Waals surface area contributed by atoms with Crippen molar-refractivity contribution < 1.29 is 4.79 Å². The third-order valence-corrected chi connectivity index (χ3v) is 8.47. The summed E-state index contributed by atoms with van der Waals surface area (Å²) in [5.74, 6) is 1.87. The zero-order chi connectivity index (χ0) is 25.9. The van der Waals surface area contributed by atoms with E-state index in [1.165, 1.54) is 36.2 Å². The lowest BCUT2D eigenvalue weighted by Crippen LogP contribution is -2.38. The van der Waals surface area contributed by atoms with Gasteiger partial charge >= 0.3 is 0 Å². The molecule has 6 rings (SSSR count). The molecule has 1 aliphatic heterocycles. The second-order valence-electron chi connectivity index (χ2n) is 10.8. The summed E-state index contributed by atoms with van der Waals surface area (Å²) < 4.78 is 2.41. The molecule has 2 aliphatic rings. The van der Waals surface area contributed by atoms with Crippen molar-refractivity contribution in [2.45, 2.75) is 64.6 Å². The number of rotatable bonds is 7. The molecule has 0 unspecified atom stereocenters. The maximum absolute atomic E-state index is 13.0. The lowest BCUT2D eigenvalue weighted by molar-refractivity contribution is 0.0921. The van der Waals surface area contributed by atoms with Crippen LogP contribution in [0, 0.1) is 5.92 Å². The van der Waals surface area contributed by atoms with Crippen LogP contribution in [0.1, 0.15) is 60.8 Å². The van der Waals surface area contributed by atoms with Gasteiger partial charge in [0, 0.05) is 60.5 Å². The highest BCUT2D eigenvalue weighted by Gasteiger charge is 2.27. The Kier molecular flexibility index (Phi) is 7.23. The predicted molar refractivity (Wildman–Crippen MR) is 152 cm³/mol. The third kappa shape index (κ3) is 5.10. The number of carbonyl (C=O) groups is 1. The molecule has 0 radical (unpaired) electrons. The molecule has 196 valence electrons. The molecule has 1 N–H and O–H groups in total. The Bertz CT molecular complexity index is 1400. The van der Waals surface area contributed by atoms with Crippen molar-refractivity contribution in [3.63, 3.8) is 0 Å². The van der Waals surface area contributed by atoms with Crippen LogP contribution in [0.25, 0.3) is 22.3 Å². The minimum absolute atomic E-state index is 0.0255. The van der Waals surface area contributed by atoms with Crippen LogP contribution >= 0.6 is 0 Å². The summed E-state index contributed by atoms with van der Waals surface area (Å²) in [5, 5.41) is 4.22. The number of benzene rings is 2. The zero-order valence-corrected chi connectivity index (χ0v) is 22.3. The molecule has 0 atom stereocenters. The Balaban J connectivity index is 1.00. The van der Waals surface area contributed by atoms with Gasteiger partial charge in [-0.15, -0.1) is 0 Å². The number of hydrogen-bond acceptors (Lipinski definition) is 4. The number of carbonyl (C=O) groups excluding carboxylic acids is 1. The number of hydrogen-bond donors (Lipinski definition) is 1. The number of pyridine rings is 1. The largest absolute Gasteiger partial charge is 0.349 e. The Morgan fingerprint density at radius 3 is 2.66 bits per heavy atom. The summed E-state index contributed by atoms with van der Waals surface area (Å²) in [4.78, 5) is 25.1. The number of imidazole rings is 1. The molecule has 1 amide bonds. The van der Waals surface area contributed by atoms with Gasteiger partial charge in [0.15, 0.2) is 0 Å². The number of amides is 1. The first-order chi connectivity index (χ1) is 18.7. The van der Waals surface area contributed by atoms with E-state index in [0.29, 0.717) is 0 Å². The molecule has 2 aromatic heterocycles. The lowest BCUT2D eigenvalue weighted by Gasteiger charge is -2.32. The van der Waals surface area contributed by atoms with Crippen LogP contribution in [-0.4, -0.2) is 44.5 Å². The fourth-order valence-corrected chi connectivity index (χ4v) is 6.36. The summed E-state index contributed by atoms with van der Waals surface area (Å²) in [6, 6.07) is 20.5. The third-order valence-electron chi connectivity index (χ3n) is 8.47. The van der Waals surface area contributed by atoms with E-state index in [-0.39, 0.29) is 11.9 Å². The summed E-state index contributed by atoms with van der Waals surface area (Å²) >= 11 is 0. The Morgan fingerprint density at radius 1 is 1.00 bits per heavy atom. The van der Waals surface area contributed by atoms with E-state index < -0.39 is 0 Å². The molecule has 0 spiro atoms. The van der Waals surface area contributed by atoms with Crippen LogP contribution in [0.5, 0.6) is 0 Å². The smallest absolute Gasteiger partial charge is 0.252 e. The lowest BCUT2D eigenvalue weighted by atomic mass is 9.84. The summed E-state index contributed by atoms with van der Waals surface area (Å²) in [7, 11) is 0. The highest BCUT2D eigenvalue weighted by Crippen LogP contribution is 2.30. The van der Waals surface area contributed by atoms with Gasteiger partial charge in [-0.2, -0.15) is 0 Å². The zero-order valence-electron chi connectivity index (χ0n) is 22.3. The van der Waals surface area contributed by atoms with Crippen molar-refractivity contribution in [2.75, 3.05) is 13.1 Å². The average molecular weight is 508 g/mol. The topological polar surface area (TPSA) is 63.1 Å². The highest BCUT2D eigenvalue weighted by molar-refractivity contribution is 6.06. The molecule has 1 aliphatic carbocycles. The number of nitrogens with one attached hydrogen (secondary N) is 1. The van der Waals surface area contributed by atoms with Crippen LogP contribution in [0.15, 0.2) is 66.9 Å². The maximum Gasteiger partial charge on any atom is 0.252 e. The summed E-state index contributed by atoms with van der Waals surface area (Å²) in [5.41, 5.74) is 5.47. The van der Waals surface area contributed by atoms with Gasteiger partial charge in [-0.1, -0.05) is 42.5 Å². The van der Waals surface area contributed by atoms with E-state index in [1.807, 2.05) is 30.3 Å².